The van der Waals surface area contributed by atoms with Gasteiger partial charge in [0.15, 0.2) is 11.3 Å². The Hall–Kier alpha value is -3.29. The second-order valence-corrected chi connectivity index (χ2v) is 5.55. The molecule has 26 heavy (non-hydrogen) atoms. The van der Waals surface area contributed by atoms with Gasteiger partial charge in [-0.1, -0.05) is 0 Å². The summed E-state index contributed by atoms with van der Waals surface area (Å²) in [6, 6.07) is 11.5. The van der Waals surface area contributed by atoms with Gasteiger partial charge in [-0.05, 0) is 48.5 Å². The van der Waals surface area contributed by atoms with Crippen LogP contribution >= 0.6 is 0 Å². The summed E-state index contributed by atoms with van der Waals surface area (Å²) in [5.41, 5.74) is 0.698. The van der Waals surface area contributed by atoms with Crippen molar-refractivity contribution in [3.8, 4) is 22.5 Å². The van der Waals surface area contributed by atoms with Crippen molar-refractivity contribution in [1.82, 2.24) is 19.6 Å². The summed E-state index contributed by atoms with van der Waals surface area (Å²) in [4.78, 5) is 7.80. The van der Waals surface area contributed by atoms with E-state index in [-0.39, 0.29) is 17.1 Å². The van der Waals surface area contributed by atoms with E-state index in [9.17, 15) is 17.6 Å². The number of alkyl halides is 3. The first-order valence-electron chi connectivity index (χ1n) is 7.57. The highest BCUT2D eigenvalue weighted by molar-refractivity contribution is 5.66. The Morgan fingerprint density at radius 1 is 0.885 bits per heavy atom. The van der Waals surface area contributed by atoms with Crippen molar-refractivity contribution in [2.45, 2.75) is 6.18 Å². The fraction of sp³-hybridized carbons (Fsp3) is 0.0556. The lowest BCUT2D eigenvalue weighted by molar-refractivity contribution is -0.140. The van der Waals surface area contributed by atoms with Gasteiger partial charge in [0.25, 0.3) is 0 Å². The van der Waals surface area contributed by atoms with Gasteiger partial charge in [-0.25, -0.2) is 13.9 Å². The first kappa shape index (κ1) is 16.2. The third-order valence-corrected chi connectivity index (χ3v) is 3.81. The highest BCUT2D eigenvalue weighted by Crippen LogP contribution is 2.34. The molecule has 0 bridgehead atoms. The first-order chi connectivity index (χ1) is 12.4. The maximum atomic E-state index is 13.2. The van der Waals surface area contributed by atoms with E-state index >= 15 is 0 Å². The summed E-state index contributed by atoms with van der Waals surface area (Å²) >= 11 is 0. The zero-order chi connectivity index (χ0) is 18.3. The Labute approximate surface area is 144 Å². The lowest BCUT2D eigenvalue weighted by Gasteiger charge is -2.10. The van der Waals surface area contributed by atoms with E-state index in [4.69, 9.17) is 0 Å². The van der Waals surface area contributed by atoms with Gasteiger partial charge in [0.1, 0.15) is 5.82 Å². The molecular weight excluding hydrogens is 348 g/mol. The number of rotatable bonds is 2. The Morgan fingerprint density at radius 3 is 2.38 bits per heavy atom. The van der Waals surface area contributed by atoms with Crippen LogP contribution in [0.5, 0.6) is 0 Å². The summed E-state index contributed by atoms with van der Waals surface area (Å²) in [6.07, 6.45) is -1.91. The molecule has 1 aromatic carbocycles. The SMILES string of the molecule is Fc1ccc(-c2cn3nc(-c4cccnc4C(F)(F)F)ccc3n2)cc1. The molecule has 0 radical (unpaired) electrons. The molecule has 0 aliphatic heterocycles. The molecule has 0 aliphatic rings. The highest BCUT2D eigenvalue weighted by atomic mass is 19.4. The molecule has 8 heteroatoms. The minimum atomic E-state index is -4.58. The number of halogens is 4. The summed E-state index contributed by atoms with van der Waals surface area (Å²) in [5, 5.41) is 4.22. The van der Waals surface area contributed by atoms with Gasteiger partial charge in [0.05, 0.1) is 17.6 Å². The van der Waals surface area contributed by atoms with E-state index in [0.717, 1.165) is 6.20 Å². The van der Waals surface area contributed by atoms with Crippen LogP contribution in [-0.4, -0.2) is 19.6 Å². The molecule has 0 fully saturated rings. The molecule has 0 saturated carbocycles. The largest absolute Gasteiger partial charge is 0.434 e. The zero-order valence-electron chi connectivity index (χ0n) is 13.1. The Bertz CT molecular complexity index is 1080. The van der Waals surface area contributed by atoms with Crippen LogP contribution in [0.25, 0.3) is 28.2 Å². The molecule has 3 heterocycles. The standard InChI is InChI=1S/C18H10F4N4/c19-12-5-3-11(4-6-12)15-10-26-16(24-15)8-7-14(25-26)13-2-1-9-23-17(13)18(20,21)22/h1-10H. The van der Waals surface area contributed by atoms with Crippen molar-refractivity contribution in [2.75, 3.05) is 0 Å². The van der Waals surface area contributed by atoms with Gasteiger partial charge in [-0.2, -0.15) is 18.3 Å². The average Bonchev–Trinajstić information content (AvgIpc) is 3.04. The fourth-order valence-electron chi connectivity index (χ4n) is 2.62. The molecule has 130 valence electrons. The van der Waals surface area contributed by atoms with Crippen LogP contribution in [-0.2, 0) is 6.18 Å². The number of hydrogen-bond acceptors (Lipinski definition) is 3. The lowest BCUT2D eigenvalue weighted by Crippen LogP contribution is -2.10. The molecule has 0 amide bonds. The number of nitrogens with zero attached hydrogens (tertiary/aromatic N) is 4. The number of benzene rings is 1. The van der Waals surface area contributed by atoms with Crippen LogP contribution in [0, 0.1) is 5.82 Å². The van der Waals surface area contributed by atoms with E-state index in [2.05, 4.69) is 15.1 Å². The van der Waals surface area contributed by atoms with Crippen molar-refractivity contribution >= 4 is 5.65 Å². The van der Waals surface area contributed by atoms with Crippen molar-refractivity contribution in [2.24, 2.45) is 0 Å². The second kappa shape index (κ2) is 5.91. The molecule has 4 rings (SSSR count). The van der Waals surface area contributed by atoms with Crippen LogP contribution in [0.4, 0.5) is 17.6 Å². The fourth-order valence-corrected chi connectivity index (χ4v) is 2.62. The summed E-state index contributed by atoms with van der Waals surface area (Å²) in [5.74, 6) is -0.366. The quantitative estimate of drug-likeness (QED) is 0.491. The summed E-state index contributed by atoms with van der Waals surface area (Å²) in [7, 11) is 0. The molecule has 0 saturated heterocycles. The van der Waals surface area contributed by atoms with Gasteiger partial charge >= 0.3 is 6.18 Å². The van der Waals surface area contributed by atoms with Crippen LogP contribution in [0.15, 0.2) is 60.9 Å². The van der Waals surface area contributed by atoms with E-state index in [1.165, 1.54) is 34.8 Å². The van der Waals surface area contributed by atoms with Gasteiger partial charge in [-0.3, -0.25) is 4.98 Å². The van der Waals surface area contributed by atoms with Crippen molar-refractivity contribution in [1.29, 1.82) is 0 Å². The Balaban J connectivity index is 1.81. The second-order valence-electron chi connectivity index (χ2n) is 5.55. The van der Waals surface area contributed by atoms with Crippen LogP contribution in [0.3, 0.4) is 0 Å². The third kappa shape index (κ3) is 2.90. The Kier molecular flexibility index (Phi) is 3.68. The Morgan fingerprint density at radius 2 is 1.65 bits per heavy atom. The lowest BCUT2D eigenvalue weighted by atomic mass is 10.1. The zero-order valence-corrected chi connectivity index (χ0v) is 13.1. The van der Waals surface area contributed by atoms with E-state index in [0.29, 0.717) is 16.9 Å². The topological polar surface area (TPSA) is 43.1 Å². The molecule has 0 unspecified atom stereocenters. The number of imidazole rings is 1. The number of pyridine rings is 1. The normalized spacial score (nSPS) is 11.8. The third-order valence-electron chi connectivity index (χ3n) is 3.81. The monoisotopic (exact) mass is 358 g/mol. The number of aromatic nitrogens is 4. The summed E-state index contributed by atoms with van der Waals surface area (Å²) in [6.45, 7) is 0. The van der Waals surface area contributed by atoms with Crippen LogP contribution in [0.1, 0.15) is 5.69 Å². The van der Waals surface area contributed by atoms with Gasteiger partial charge in [0.2, 0.25) is 0 Å². The smallest absolute Gasteiger partial charge is 0.251 e. The number of hydrogen-bond donors (Lipinski definition) is 0. The molecule has 4 nitrogen and oxygen atoms in total. The molecule has 4 aromatic rings. The number of fused-ring (bicyclic) bond motifs is 1. The maximum absolute atomic E-state index is 13.2. The summed E-state index contributed by atoms with van der Waals surface area (Å²) < 4.78 is 53.9. The average molecular weight is 358 g/mol. The van der Waals surface area contributed by atoms with Gasteiger partial charge < -0.3 is 0 Å². The minimum absolute atomic E-state index is 0.112. The predicted octanol–water partition coefficient (Wildman–Crippen LogP) is 4.62. The molecule has 0 N–H and O–H groups in total. The predicted molar refractivity (Wildman–Crippen MR) is 86.6 cm³/mol. The van der Waals surface area contributed by atoms with E-state index in [1.54, 1.807) is 24.4 Å². The molecule has 3 aromatic heterocycles. The molecule has 0 spiro atoms. The van der Waals surface area contributed by atoms with Crippen molar-refractivity contribution < 1.29 is 17.6 Å². The minimum Gasteiger partial charge on any atom is -0.251 e. The van der Waals surface area contributed by atoms with Crippen LogP contribution < -0.4 is 0 Å². The van der Waals surface area contributed by atoms with Crippen molar-refractivity contribution in [3.05, 3.63) is 72.4 Å². The highest BCUT2D eigenvalue weighted by Gasteiger charge is 2.35. The maximum Gasteiger partial charge on any atom is 0.434 e. The molecule has 0 aliphatic carbocycles. The first-order valence-corrected chi connectivity index (χ1v) is 7.57. The van der Waals surface area contributed by atoms with E-state index in [1.807, 2.05) is 0 Å². The molecule has 0 atom stereocenters. The van der Waals surface area contributed by atoms with Gasteiger partial charge in [-0.15, -0.1) is 0 Å². The van der Waals surface area contributed by atoms with Crippen molar-refractivity contribution in [3.63, 3.8) is 0 Å². The van der Waals surface area contributed by atoms with E-state index < -0.39 is 11.9 Å². The van der Waals surface area contributed by atoms with Gasteiger partial charge in [0, 0.05) is 17.3 Å². The molecular formula is C18H10F4N4. The van der Waals surface area contributed by atoms with Crippen LogP contribution in [0.2, 0.25) is 0 Å².